The van der Waals surface area contributed by atoms with E-state index in [-0.39, 0.29) is 0 Å². The Morgan fingerprint density at radius 3 is 2.77 bits per heavy atom. The van der Waals surface area contributed by atoms with E-state index >= 15 is 0 Å². The summed E-state index contributed by atoms with van der Waals surface area (Å²) in [6.45, 7) is 0. The van der Waals surface area contributed by atoms with Gasteiger partial charge in [0, 0.05) is 10.7 Å². The molecule has 0 fully saturated rings. The molecule has 3 heterocycles. The normalized spacial score (nSPS) is 11.1. The standard InChI is InChI=1S/C15H9BrN6/c16-9-4-12-15(18-7-9)22-14(21-12)5-13-19-10-2-1-8(6-17)3-11(10)20-13/h1-4,7H,5H2,(H,19,20)(H,18,21,22). The largest absolute Gasteiger partial charge is 0.342 e. The number of nitrogens with one attached hydrogen (secondary N) is 2. The van der Waals surface area contributed by atoms with Crippen LogP contribution in [0.25, 0.3) is 22.2 Å². The molecule has 0 aliphatic carbocycles. The number of H-pyrrole nitrogens is 2. The molecular formula is C15H9BrN6. The molecule has 6 nitrogen and oxygen atoms in total. The maximum Gasteiger partial charge on any atom is 0.177 e. The minimum absolute atomic E-state index is 0.546. The minimum atomic E-state index is 0.546. The number of halogens is 1. The molecule has 0 radical (unpaired) electrons. The van der Waals surface area contributed by atoms with Crippen LogP contribution in [0.1, 0.15) is 17.2 Å². The number of benzene rings is 1. The zero-order valence-electron chi connectivity index (χ0n) is 11.3. The monoisotopic (exact) mass is 352 g/mol. The van der Waals surface area contributed by atoms with Crippen LogP contribution < -0.4 is 0 Å². The first-order chi connectivity index (χ1) is 10.7. The molecule has 0 saturated heterocycles. The summed E-state index contributed by atoms with van der Waals surface area (Å²) in [5.41, 5.74) is 3.87. The number of rotatable bonds is 2. The molecule has 0 aliphatic rings. The summed E-state index contributed by atoms with van der Waals surface area (Å²) in [6, 6.07) is 9.46. The average molecular weight is 353 g/mol. The lowest BCUT2D eigenvalue weighted by atomic mass is 10.2. The van der Waals surface area contributed by atoms with Crippen molar-refractivity contribution in [3.05, 3.63) is 52.1 Å². The SMILES string of the molecule is N#Cc1ccc2nc(Cc3nc4ncc(Br)cc4[nH]3)[nH]c2c1. The first-order valence-corrected chi connectivity index (χ1v) is 7.39. The lowest BCUT2D eigenvalue weighted by Gasteiger charge is -1.90. The molecule has 0 saturated carbocycles. The van der Waals surface area contributed by atoms with E-state index in [1.165, 1.54) is 0 Å². The smallest absolute Gasteiger partial charge is 0.177 e. The predicted octanol–water partition coefficient (Wildman–Crippen LogP) is 3.06. The van der Waals surface area contributed by atoms with Crippen molar-refractivity contribution in [3.8, 4) is 6.07 Å². The summed E-state index contributed by atoms with van der Waals surface area (Å²) in [5, 5.41) is 8.93. The van der Waals surface area contributed by atoms with Gasteiger partial charge in [0.15, 0.2) is 5.65 Å². The molecule has 4 aromatic rings. The summed E-state index contributed by atoms with van der Waals surface area (Å²) in [5.74, 6) is 1.59. The maximum atomic E-state index is 8.93. The summed E-state index contributed by atoms with van der Waals surface area (Å²) in [4.78, 5) is 19.7. The van der Waals surface area contributed by atoms with Crippen molar-refractivity contribution < 1.29 is 0 Å². The molecule has 0 atom stereocenters. The molecule has 2 N–H and O–H groups in total. The van der Waals surface area contributed by atoms with E-state index in [9.17, 15) is 0 Å². The van der Waals surface area contributed by atoms with Crippen LogP contribution in [-0.2, 0) is 6.42 Å². The quantitative estimate of drug-likeness (QED) is 0.579. The highest BCUT2D eigenvalue weighted by Gasteiger charge is 2.09. The second-order valence-corrected chi connectivity index (χ2v) is 5.83. The summed E-state index contributed by atoms with van der Waals surface area (Å²) >= 11 is 3.39. The van der Waals surface area contributed by atoms with Crippen molar-refractivity contribution in [2.24, 2.45) is 0 Å². The van der Waals surface area contributed by atoms with Crippen LogP contribution in [0.5, 0.6) is 0 Å². The molecule has 3 aromatic heterocycles. The van der Waals surface area contributed by atoms with Crippen molar-refractivity contribution in [3.63, 3.8) is 0 Å². The zero-order chi connectivity index (χ0) is 15.1. The Labute approximate surface area is 133 Å². The van der Waals surface area contributed by atoms with Crippen molar-refractivity contribution >= 4 is 38.1 Å². The number of imidazole rings is 2. The Bertz CT molecular complexity index is 1040. The first-order valence-electron chi connectivity index (χ1n) is 6.60. The number of aromatic nitrogens is 5. The second-order valence-electron chi connectivity index (χ2n) is 4.91. The fraction of sp³-hybridized carbons (Fsp3) is 0.0667. The van der Waals surface area contributed by atoms with Crippen molar-refractivity contribution in [2.45, 2.75) is 6.42 Å². The van der Waals surface area contributed by atoms with Crippen LogP contribution in [0, 0.1) is 11.3 Å². The Hall–Kier alpha value is -2.72. The lowest BCUT2D eigenvalue weighted by Crippen LogP contribution is -1.92. The van der Waals surface area contributed by atoms with Crippen molar-refractivity contribution in [1.82, 2.24) is 24.9 Å². The average Bonchev–Trinajstić information content (AvgIpc) is 3.08. The van der Waals surface area contributed by atoms with E-state index in [2.05, 4.69) is 46.9 Å². The van der Waals surface area contributed by atoms with Gasteiger partial charge in [0.2, 0.25) is 0 Å². The van der Waals surface area contributed by atoms with E-state index in [0.717, 1.165) is 32.7 Å². The number of hydrogen-bond donors (Lipinski definition) is 2. The zero-order valence-corrected chi connectivity index (χ0v) is 12.8. The van der Waals surface area contributed by atoms with Crippen LogP contribution in [0.3, 0.4) is 0 Å². The van der Waals surface area contributed by atoms with Gasteiger partial charge in [0.1, 0.15) is 11.6 Å². The van der Waals surface area contributed by atoms with Gasteiger partial charge in [-0.2, -0.15) is 5.26 Å². The molecule has 106 valence electrons. The topological polar surface area (TPSA) is 94.0 Å². The summed E-state index contributed by atoms with van der Waals surface area (Å²) < 4.78 is 0.906. The van der Waals surface area contributed by atoms with Gasteiger partial charge in [-0.25, -0.2) is 15.0 Å². The van der Waals surface area contributed by atoms with Crippen LogP contribution >= 0.6 is 15.9 Å². The number of aromatic amines is 2. The van der Waals surface area contributed by atoms with E-state index in [1.54, 1.807) is 18.3 Å². The molecule has 0 unspecified atom stereocenters. The number of fused-ring (bicyclic) bond motifs is 2. The highest BCUT2D eigenvalue weighted by molar-refractivity contribution is 9.10. The Morgan fingerprint density at radius 1 is 1.09 bits per heavy atom. The van der Waals surface area contributed by atoms with E-state index in [0.29, 0.717) is 17.6 Å². The van der Waals surface area contributed by atoms with Crippen LogP contribution in [0.4, 0.5) is 0 Å². The molecule has 0 bridgehead atoms. The van der Waals surface area contributed by atoms with Crippen LogP contribution in [0.2, 0.25) is 0 Å². The lowest BCUT2D eigenvalue weighted by molar-refractivity contribution is 0.958. The highest BCUT2D eigenvalue weighted by atomic mass is 79.9. The maximum absolute atomic E-state index is 8.93. The fourth-order valence-electron chi connectivity index (χ4n) is 2.38. The number of nitriles is 1. The highest BCUT2D eigenvalue weighted by Crippen LogP contribution is 2.18. The van der Waals surface area contributed by atoms with Gasteiger partial charge in [-0.15, -0.1) is 0 Å². The van der Waals surface area contributed by atoms with Gasteiger partial charge in [0.25, 0.3) is 0 Å². The molecular weight excluding hydrogens is 344 g/mol. The molecule has 7 heteroatoms. The van der Waals surface area contributed by atoms with Gasteiger partial charge >= 0.3 is 0 Å². The Balaban J connectivity index is 1.71. The van der Waals surface area contributed by atoms with Crippen molar-refractivity contribution in [2.75, 3.05) is 0 Å². The Morgan fingerprint density at radius 2 is 1.91 bits per heavy atom. The van der Waals surface area contributed by atoms with E-state index in [1.807, 2.05) is 12.1 Å². The molecule has 22 heavy (non-hydrogen) atoms. The molecule has 4 rings (SSSR count). The van der Waals surface area contributed by atoms with Gasteiger partial charge < -0.3 is 9.97 Å². The van der Waals surface area contributed by atoms with Crippen molar-refractivity contribution in [1.29, 1.82) is 5.26 Å². The van der Waals surface area contributed by atoms with Gasteiger partial charge in [-0.3, -0.25) is 0 Å². The third kappa shape index (κ3) is 2.23. The molecule has 1 aromatic carbocycles. The predicted molar refractivity (Wildman–Crippen MR) is 85.2 cm³/mol. The fourth-order valence-corrected chi connectivity index (χ4v) is 2.71. The van der Waals surface area contributed by atoms with Gasteiger partial charge in [-0.05, 0) is 40.2 Å². The van der Waals surface area contributed by atoms with E-state index < -0.39 is 0 Å². The molecule has 0 amide bonds. The minimum Gasteiger partial charge on any atom is -0.342 e. The van der Waals surface area contributed by atoms with Gasteiger partial charge in [0.05, 0.1) is 34.6 Å². The first kappa shape index (κ1) is 13.0. The third-order valence-electron chi connectivity index (χ3n) is 3.35. The Kier molecular flexibility index (Phi) is 2.91. The second kappa shape index (κ2) is 4.93. The van der Waals surface area contributed by atoms with Crippen LogP contribution in [0.15, 0.2) is 34.9 Å². The van der Waals surface area contributed by atoms with Gasteiger partial charge in [-0.1, -0.05) is 0 Å². The number of nitrogens with zero attached hydrogens (tertiary/aromatic N) is 4. The van der Waals surface area contributed by atoms with E-state index in [4.69, 9.17) is 5.26 Å². The molecule has 0 spiro atoms. The number of pyridine rings is 1. The molecule has 0 aliphatic heterocycles. The summed E-state index contributed by atoms with van der Waals surface area (Å²) in [6.07, 6.45) is 2.27. The summed E-state index contributed by atoms with van der Waals surface area (Å²) in [7, 11) is 0. The third-order valence-corrected chi connectivity index (χ3v) is 3.78. The number of hydrogen-bond acceptors (Lipinski definition) is 4. The van der Waals surface area contributed by atoms with Crippen LogP contribution in [-0.4, -0.2) is 24.9 Å².